The topological polar surface area (TPSA) is 81.2 Å². The Labute approximate surface area is 114 Å². The van der Waals surface area contributed by atoms with E-state index in [1.165, 1.54) is 6.07 Å². The molecule has 0 aliphatic heterocycles. The summed E-state index contributed by atoms with van der Waals surface area (Å²) in [6, 6.07) is 5.01. The summed E-state index contributed by atoms with van der Waals surface area (Å²) in [5, 5.41) is 13.9. The fourth-order valence-electron chi connectivity index (χ4n) is 1.55. The summed E-state index contributed by atoms with van der Waals surface area (Å²) in [5.41, 5.74) is 6.68. The highest BCUT2D eigenvalue weighted by Crippen LogP contribution is 2.24. The zero-order valence-electron chi connectivity index (χ0n) is 9.65. The van der Waals surface area contributed by atoms with Crippen LogP contribution in [0.2, 0.25) is 0 Å². The van der Waals surface area contributed by atoms with Crippen LogP contribution >= 0.6 is 22.6 Å². The third-order valence-electron chi connectivity index (χ3n) is 2.44. The van der Waals surface area contributed by atoms with Gasteiger partial charge < -0.3 is 11.1 Å². The zero-order chi connectivity index (χ0) is 12.8. The molecule has 0 aromatic heterocycles. The van der Waals surface area contributed by atoms with Crippen molar-refractivity contribution in [3.8, 4) is 0 Å². The highest BCUT2D eigenvalue weighted by molar-refractivity contribution is 14.1. The van der Waals surface area contributed by atoms with E-state index in [2.05, 4.69) is 34.8 Å². The van der Waals surface area contributed by atoms with Gasteiger partial charge in [0.05, 0.1) is 4.92 Å². The van der Waals surface area contributed by atoms with Crippen LogP contribution in [-0.2, 0) is 0 Å². The third-order valence-corrected chi connectivity index (χ3v) is 3.34. The fourth-order valence-corrected chi connectivity index (χ4v) is 2.21. The van der Waals surface area contributed by atoms with Crippen LogP contribution in [0.3, 0.4) is 0 Å². The van der Waals surface area contributed by atoms with Crippen molar-refractivity contribution in [3.05, 3.63) is 31.9 Å². The summed E-state index contributed by atoms with van der Waals surface area (Å²) >= 11 is 2.09. The van der Waals surface area contributed by atoms with Gasteiger partial charge in [-0.25, -0.2) is 0 Å². The molecule has 0 aliphatic carbocycles. The second-order valence-electron chi connectivity index (χ2n) is 3.79. The molecule has 0 amide bonds. The molecular weight excluding hydrogens is 333 g/mol. The van der Waals surface area contributed by atoms with Crippen molar-refractivity contribution in [2.24, 2.45) is 5.73 Å². The molecule has 0 heterocycles. The second kappa shape index (κ2) is 6.75. The molecule has 17 heavy (non-hydrogen) atoms. The number of hydrogen-bond donors (Lipinski definition) is 2. The molecule has 0 fully saturated rings. The van der Waals surface area contributed by atoms with Gasteiger partial charge in [0.2, 0.25) is 0 Å². The summed E-state index contributed by atoms with van der Waals surface area (Å²) in [7, 11) is 0. The standard InChI is InChI=1S/C11H16IN3O2/c1-2-3-8(7-13)14-11-5-4-9(15(16)17)6-10(11)12/h4-6,8,14H,2-3,7,13H2,1H3. The van der Waals surface area contributed by atoms with E-state index in [1.54, 1.807) is 12.1 Å². The Hall–Kier alpha value is -0.890. The molecule has 1 aromatic rings. The van der Waals surface area contributed by atoms with E-state index in [4.69, 9.17) is 5.73 Å². The van der Waals surface area contributed by atoms with E-state index in [1.807, 2.05) is 0 Å². The SMILES string of the molecule is CCCC(CN)Nc1ccc([N+](=O)[O-])cc1I. The van der Waals surface area contributed by atoms with Crippen LogP contribution in [0.5, 0.6) is 0 Å². The molecule has 0 saturated carbocycles. The lowest BCUT2D eigenvalue weighted by Crippen LogP contribution is -2.28. The van der Waals surface area contributed by atoms with E-state index in [0.717, 1.165) is 22.1 Å². The van der Waals surface area contributed by atoms with Crippen molar-refractivity contribution < 1.29 is 4.92 Å². The highest BCUT2D eigenvalue weighted by Gasteiger charge is 2.11. The number of rotatable bonds is 6. The maximum absolute atomic E-state index is 10.6. The highest BCUT2D eigenvalue weighted by atomic mass is 127. The predicted octanol–water partition coefficient (Wildman–Crippen LogP) is 2.74. The first-order valence-electron chi connectivity index (χ1n) is 5.49. The summed E-state index contributed by atoms with van der Waals surface area (Å²) in [6.07, 6.45) is 2.04. The van der Waals surface area contributed by atoms with Crippen molar-refractivity contribution >= 4 is 34.0 Å². The van der Waals surface area contributed by atoms with Crippen LogP contribution in [0.25, 0.3) is 0 Å². The molecule has 0 spiro atoms. The number of halogens is 1. The van der Waals surface area contributed by atoms with Crippen molar-refractivity contribution in [1.82, 2.24) is 0 Å². The normalized spacial score (nSPS) is 12.2. The summed E-state index contributed by atoms with van der Waals surface area (Å²) in [6.45, 7) is 2.66. The van der Waals surface area contributed by atoms with E-state index in [0.29, 0.717) is 6.54 Å². The maximum Gasteiger partial charge on any atom is 0.270 e. The molecule has 1 aromatic carbocycles. The molecule has 3 N–H and O–H groups in total. The largest absolute Gasteiger partial charge is 0.380 e. The van der Waals surface area contributed by atoms with Gasteiger partial charge in [0.1, 0.15) is 0 Å². The second-order valence-corrected chi connectivity index (χ2v) is 4.95. The molecule has 0 saturated heterocycles. The zero-order valence-corrected chi connectivity index (χ0v) is 11.8. The Kier molecular flexibility index (Phi) is 5.63. The van der Waals surface area contributed by atoms with Gasteiger partial charge in [0.15, 0.2) is 0 Å². The van der Waals surface area contributed by atoms with Crippen molar-refractivity contribution in [2.45, 2.75) is 25.8 Å². The Morgan fingerprint density at radius 2 is 2.29 bits per heavy atom. The third kappa shape index (κ3) is 4.12. The fraction of sp³-hybridized carbons (Fsp3) is 0.455. The number of anilines is 1. The quantitative estimate of drug-likeness (QED) is 0.470. The number of nitrogens with two attached hydrogens (primary N) is 1. The number of nitro benzene ring substituents is 1. The predicted molar refractivity (Wildman–Crippen MR) is 77.2 cm³/mol. The molecule has 0 aliphatic rings. The lowest BCUT2D eigenvalue weighted by atomic mass is 10.1. The number of hydrogen-bond acceptors (Lipinski definition) is 4. The molecule has 5 nitrogen and oxygen atoms in total. The molecule has 6 heteroatoms. The van der Waals surface area contributed by atoms with Crippen LogP contribution in [0.15, 0.2) is 18.2 Å². The van der Waals surface area contributed by atoms with Crippen molar-refractivity contribution in [3.63, 3.8) is 0 Å². The van der Waals surface area contributed by atoms with Crippen molar-refractivity contribution in [2.75, 3.05) is 11.9 Å². The van der Waals surface area contributed by atoms with Crippen LogP contribution in [-0.4, -0.2) is 17.5 Å². The molecule has 0 bridgehead atoms. The van der Waals surface area contributed by atoms with Crippen LogP contribution in [0.1, 0.15) is 19.8 Å². The van der Waals surface area contributed by atoms with E-state index >= 15 is 0 Å². The monoisotopic (exact) mass is 349 g/mol. The molecule has 94 valence electrons. The van der Waals surface area contributed by atoms with E-state index < -0.39 is 4.92 Å². The Bertz CT molecular complexity index is 398. The van der Waals surface area contributed by atoms with E-state index in [9.17, 15) is 10.1 Å². The summed E-state index contributed by atoms with van der Waals surface area (Å²) in [5.74, 6) is 0. The summed E-state index contributed by atoms with van der Waals surface area (Å²) in [4.78, 5) is 10.2. The minimum Gasteiger partial charge on any atom is -0.380 e. The lowest BCUT2D eigenvalue weighted by molar-refractivity contribution is -0.384. The molecular formula is C11H16IN3O2. The Morgan fingerprint density at radius 3 is 2.76 bits per heavy atom. The average Bonchev–Trinajstić information content (AvgIpc) is 2.30. The number of benzene rings is 1. The van der Waals surface area contributed by atoms with Gasteiger partial charge in [-0.2, -0.15) is 0 Å². The van der Waals surface area contributed by atoms with Gasteiger partial charge in [-0.1, -0.05) is 13.3 Å². The van der Waals surface area contributed by atoms with Gasteiger partial charge in [-0.3, -0.25) is 10.1 Å². The average molecular weight is 349 g/mol. The van der Waals surface area contributed by atoms with Gasteiger partial charge >= 0.3 is 0 Å². The van der Waals surface area contributed by atoms with Gasteiger partial charge in [-0.15, -0.1) is 0 Å². The Balaban J connectivity index is 2.81. The minimum atomic E-state index is -0.390. The summed E-state index contributed by atoms with van der Waals surface area (Å²) < 4.78 is 0.839. The maximum atomic E-state index is 10.6. The number of nitrogens with one attached hydrogen (secondary N) is 1. The van der Waals surface area contributed by atoms with Gasteiger partial charge in [0, 0.05) is 34.0 Å². The first-order valence-corrected chi connectivity index (χ1v) is 6.57. The molecule has 0 radical (unpaired) electrons. The smallest absolute Gasteiger partial charge is 0.270 e. The van der Waals surface area contributed by atoms with Crippen molar-refractivity contribution in [1.29, 1.82) is 0 Å². The van der Waals surface area contributed by atoms with E-state index in [-0.39, 0.29) is 11.7 Å². The number of nitrogens with zero attached hydrogens (tertiary/aromatic N) is 1. The first-order chi connectivity index (χ1) is 8.08. The number of non-ortho nitro benzene ring substituents is 1. The van der Waals surface area contributed by atoms with Crippen LogP contribution in [0.4, 0.5) is 11.4 Å². The van der Waals surface area contributed by atoms with Crippen LogP contribution in [0, 0.1) is 13.7 Å². The first kappa shape index (κ1) is 14.2. The lowest BCUT2D eigenvalue weighted by Gasteiger charge is -2.18. The van der Waals surface area contributed by atoms with Crippen LogP contribution < -0.4 is 11.1 Å². The number of nitro groups is 1. The Morgan fingerprint density at radius 1 is 1.59 bits per heavy atom. The van der Waals surface area contributed by atoms with Gasteiger partial charge in [0.25, 0.3) is 5.69 Å². The molecule has 1 rings (SSSR count). The van der Waals surface area contributed by atoms with Gasteiger partial charge in [-0.05, 0) is 35.1 Å². The molecule has 1 unspecified atom stereocenters. The molecule has 1 atom stereocenters. The minimum absolute atomic E-state index is 0.111.